The summed E-state index contributed by atoms with van der Waals surface area (Å²) in [4.78, 5) is 10.7. The molecule has 0 unspecified atom stereocenters. The number of rotatable bonds is 6. The number of carbonyl (C=O) groups is 1. The van der Waals surface area contributed by atoms with Crippen molar-refractivity contribution >= 4 is 6.29 Å². The number of unbranched alkanes of at least 4 members (excludes halogenated alkanes) is 1. The summed E-state index contributed by atoms with van der Waals surface area (Å²) in [5.41, 5.74) is 4.40. The van der Waals surface area contributed by atoms with Gasteiger partial charge in [-0.25, -0.2) is 0 Å². The largest absolute Gasteiger partial charge is 0.299 e. The molecule has 1 heteroatoms. The molecule has 0 aromatic rings. The first-order valence-corrected chi connectivity index (χ1v) is 7.54. The lowest BCUT2D eigenvalue weighted by atomic mass is 9.72. The Labute approximate surface area is 118 Å². The fourth-order valence-electron chi connectivity index (χ4n) is 2.89. The molecule has 0 saturated carbocycles. The minimum absolute atomic E-state index is 0.274. The van der Waals surface area contributed by atoms with Crippen LogP contribution >= 0.6 is 0 Å². The van der Waals surface area contributed by atoms with Crippen LogP contribution in [-0.2, 0) is 4.79 Å². The van der Waals surface area contributed by atoms with Crippen LogP contribution < -0.4 is 0 Å². The molecular formula is C18H28O. The van der Waals surface area contributed by atoms with E-state index in [1.54, 1.807) is 6.08 Å². The fraction of sp³-hybridized carbons (Fsp3) is 0.611. The third-order valence-electron chi connectivity index (χ3n) is 4.11. The van der Waals surface area contributed by atoms with E-state index in [2.05, 4.69) is 39.8 Å². The first kappa shape index (κ1) is 15.9. The highest BCUT2D eigenvalue weighted by molar-refractivity contribution is 5.67. The van der Waals surface area contributed by atoms with Crippen molar-refractivity contribution in [3.8, 4) is 0 Å². The monoisotopic (exact) mass is 260 g/mol. The van der Waals surface area contributed by atoms with Gasteiger partial charge in [0.05, 0.1) is 0 Å². The van der Waals surface area contributed by atoms with Crippen LogP contribution in [0.25, 0.3) is 0 Å². The van der Waals surface area contributed by atoms with Crippen LogP contribution in [0.15, 0.2) is 34.9 Å². The van der Waals surface area contributed by atoms with E-state index in [-0.39, 0.29) is 5.41 Å². The maximum Gasteiger partial charge on any atom is 0.143 e. The number of hydrogen-bond acceptors (Lipinski definition) is 1. The maximum absolute atomic E-state index is 10.7. The first-order chi connectivity index (χ1) is 9.01. The number of aldehydes is 1. The molecule has 0 N–H and O–H groups in total. The minimum Gasteiger partial charge on any atom is -0.299 e. The molecule has 0 atom stereocenters. The van der Waals surface area contributed by atoms with E-state index in [0.29, 0.717) is 0 Å². The summed E-state index contributed by atoms with van der Waals surface area (Å²) >= 11 is 0. The van der Waals surface area contributed by atoms with Gasteiger partial charge in [-0.2, -0.15) is 0 Å². The van der Waals surface area contributed by atoms with Crippen LogP contribution in [-0.4, -0.2) is 6.29 Å². The number of carbonyl (C=O) groups excluding carboxylic acids is 1. The number of allylic oxidation sites excluding steroid dienone is 6. The summed E-state index contributed by atoms with van der Waals surface area (Å²) in [6, 6.07) is 0. The molecule has 0 radical (unpaired) electrons. The zero-order valence-electron chi connectivity index (χ0n) is 13.0. The normalized spacial score (nSPS) is 20.1. The molecule has 1 aliphatic carbocycles. The molecule has 0 spiro atoms. The Bertz CT molecular complexity index is 394. The SMILES string of the molecule is CCCCC(=C/C=O)/C=C/C1=C(C)CCCC1(C)C. The highest BCUT2D eigenvalue weighted by atomic mass is 16.1. The molecule has 1 rings (SSSR count). The van der Waals surface area contributed by atoms with E-state index in [4.69, 9.17) is 0 Å². The zero-order valence-corrected chi connectivity index (χ0v) is 13.0. The molecule has 0 bridgehead atoms. The van der Waals surface area contributed by atoms with Crippen molar-refractivity contribution in [1.82, 2.24) is 0 Å². The van der Waals surface area contributed by atoms with Gasteiger partial charge in [-0.05, 0) is 61.7 Å². The van der Waals surface area contributed by atoms with Crippen molar-refractivity contribution in [2.45, 2.75) is 66.2 Å². The Hall–Kier alpha value is -1.11. The summed E-state index contributed by atoms with van der Waals surface area (Å²) in [6.45, 7) is 9.07. The van der Waals surface area contributed by atoms with Crippen LogP contribution in [0.4, 0.5) is 0 Å². The van der Waals surface area contributed by atoms with E-state index in [9.17, 15) is 4.79 Å². The summed E-state index contributed by atoms with van der Waals surface area (Å²) in [6.07, 6.45) is 14.1. The van der Waals surface area contributed by atoms with Crippen molar-refractivity contribution in [2.24, 2.45) is 5.41 Å². The Morgan fingerprint density at radius 2 is 2.11 bits per heavy atom. The quantitative estimate of drug-likeness (QED) is 0.356. The standard InChI is InChI=1S/C18H28O/c1-5-6-9-16(12-14-19)10-11-17-15(2)8-7-13-18(17,3)4/h10-12,14H,5-9,13H2,1-4H3/b11-10+,16-12-. The van der Waals surface area contributed by atoms with Gasteiger partial charge in [0.1, 0.15) is 6.29 Å². The van der Waals surface area contributed by atoms with Crippen LogP contribution in [0, 0.1) is 5.41 Å². The van der Waals surface area contributed by atoms with Crippen LogP contribution in [0.5, 0.6) is 0 Å². The third-order valence-corrected chi connectivity index (χ3v) is 4.11. The van der Waals surface area contributed by atoms with Gasteiger partial charge in [-0.3, -0.25) is 4.79 Å². The molecule has 1 aliphatic rings. The highest BCUT2D eigenvalue weighted by Crippen LogP contribution is 2.40. The molecular weight excluding hydrogens is 232 g/mol. The molecule has 106 valence electrons. The molecule has 0 aliphatic heterocycles. The minimum atomic E-state index is 0.274. The summed E-state index contributed by atoms with van der Waals surface area (Å²) < 4.78 is 0. The second kappa shape index (κ2) is 7.47. The third kappa shape index (κ3) is 4.81. The van der Waals surface area contributed by atoms with Gasteiger partial charge in [0.15, 0.2) is 0 Å². The second-order valence-electron chi connectivity index (χ2n) is 6.25. The van der Waals surface area contributed by atoms with E-state index < -0.39 is 0 Å². The molecule has 19 heavy (non-hydrogen) atoms. The Kier molecular flexibility index (Phi) is 6.27. The van der Waals surface area contributed by atoms with Crippen molar-refractivity contribution in [1.29, 1.82) is 0 Å². The predicted octanol–water partition coefficient (Wildman–Crippen LogP) is 5.38. The second-order valence-corrected chi connectivity index (χ2v) is 6.25. The smallest absolute Gasteiger partial charge is 0.143 e. The lowest BCUT2D eigenvalue weighted by Crippen LogP contribution is -2.19. The molecule has 0 aromatic heterocycles. The molecule has 0 saturated heterocycles. The lowest BCUT2D eigenvalue weighted by Gasteiger charge is -2.33. The Balaban J connectivity index is 2.88. The Morgan fingerprint density at radius 3 is 2.68 bits per heavy atom. The van der Waals surface area contributed by atoms with Crippen LogP contribution in [0.2, 0.25) is 0 Å². The van der Waals surface area contributed by atoms with E-state index >= 15 is 0 Å². The van der Waals surface area contributed by atoms with Gasteiger partial charge in [-0.15, -0.1) is 0 Å². The van der Waals surface area contributed by atoms with E-state index in [1.165, 1.54) is 30.4 Å². The maximum atomic E-state index is 10.7. The van der Waals surface area contributed by atoms with Gasteiger partial charge < -0.3 is 0 Å². The van der Waals surface area contributed by atoms with Crippen molar-refractivity contribution in [3.05, 3.63) is 34.9 Å². The highest BCUT2D eigenvalue weighted by Gasteiger charge is 2.26. The molecule has 0 heterocycles. The van der Waals surface area contributed by atoms with Crippen LogP contribution in [0.1, 0.15) is 66.2 Å². The van der Waals surface area contributed by atoms with Gasteiger partial charge in [0, 0.05) is 0 Å². The topological polar surface area (TPSA) is 17.1 Å². The van der Waals surface area contributed by atoms with E-state index in [0.717, 1.165) is 31.1 Å². The zero-order chi connectivity index (χ0) is 14.3. The van der Waals surface area contributed by atoms with Gasteiger partial charge in [0.2, 0.25) is 0 Å². The summed E-state index contributed by atoms with van der Waals surface area (Å²) in [7, 11) is 0. The lowest BCUT2D eigenvalue weighted by molar-refractivity contribution is -0.104. The van der Waals surface area contributed by atoms with Gasteiger partial charge in [-0.1, -0.05) is 44.9 Å². The molecule has 0 amide bonds. The van der Waals surface area contributed by atoms with Gasteiger partial charge >= 0.3 is 0 Å². The van der Waals surface area contributed by atoms with E-state index in [1.807, 2.05) is 0 Å². The van der Waals surface area contributed by atoms with Crippen molar-refractivity contribution in [2.75, 3.05) is 0 Å². The van der Waals surface area contributed by atoms with Gasteiger partial charge in [0.25, 0.3) is 0 Å². The molecule has 0 fully saturated rings. The predicted molar refractivity (Wildman–Crippen MR) is 83.1 cm³/mol. The first-order valence-electron chi connectivity index (χ1n) is 7.54. The summed E-state index contributed by atoms with van der Waals surface area (Å²) in [5.74, 6) is 0. The van der Waals surface area contributed by atoms with Crippen LogP contribution in [0.3, 0.4) is 0 Å². The average molecular weight is 260 g/mol. The Morgan fingerprint density at radius 1 is 1.37 bits per heavy atom. The summed E-state index contributed by atoms with van der Waals surface area (Å²) in [5, 5.41) is 0. The average Bonchev–Trinajstić information content (AvgIpc) is 2.34. The molecule has 0 aromatic carbocycles. The fourth-order valence-corrected chi connectivity index (χ4v) is 2.89. The van der Waals surface area contributed by atoms with Crippen molar-refractivity contribution in [3.63, 3.8) is 0 Å². The van der Waals surface area contributed by atoms with Crippen molar-refractivity contribution < 1.29 is 4.79 Å². The number of hydrogen-bond donors (Lipinski definition) is 0. The molecule has 1 nitrogen and oxygen atoms in total.